The van der Waals surface area contributed by atoms with Crippen LogP contribution in [0.5, 0.6) is 0 Å². The molecule has 90 valence electrons. The van der Waals surface area contributed by atoms with Crippen LogP contribution in [-0.4, -0.2) is 13.1 Å². The summed E-state index contributed by atoms with van der Waals surface area (Å²) in [6, 6.07) is 6.57. The zero-order valence-corrected chi connectivity index (χ0v) is 10.2. The SMILES string of the molecule is COC(=O)C(c1ccc2c(c1)CCC2)C1CC1. The van der Waals surface area contributed by atoms with Gasteiger partial charge in [-0.2, -0.15) is 0 Å². The van der Waals surface area contributed by atoms with Gasteiger partial charge in [0.1, 0.15) is 0 Å². The van der Waals surface area contributed by atoms with Crippen molar-refractivity contribution in [2.75, 3.05) is 7.11 Å². The average molecular weight is 230 g/mol. The highest BCUT2D eigenvalue weighted by Crippen LogP contribution is 2.44. The van der Waals surface area contributed by atoms with Crippen molar-refractivity contribution in [1.82, 2.24) is 0 Å². The summed E-state index contributed by atoms with van der Waals surface area (Å²) in [6.45, 7) is 0. The molecule has 2 heteroatoms. The summed E-state index contributed by atoms with van der Waals surface area (Å²) in [4.78, 5) is 11.9. The first-order chi connectivity index (χ1) is 8.29. The molecule has 1 saturated carbocycles. The fourth-order valence-electron chi connectivity index (χ4n) is 2.94. The number of esters is 1. The molecule has 1 aromatic carbocycles. The Hall–Kier alpha value is -1.31. The topological polar surface area (TPSA) is 26.3 Å². The third-order valence-electron chi connectivity index (χ3n) is 4.03. The maximum atomic E-state index is 11.9. The van der Waals surface area contributed by atoms with Crippen molar-refractivity contribution in [3.63, 3.8) is 0 Å². The van der Waals surface area contributed by atoms with Gasteiger partial charge < -0.3 is 4.74 Å². The lowest BCUT2D eigenvalue weighted by molar-refractivity contribution is -0.143. The molecule has 3 rings (SSSR count). The number of benzene rings is 1. The second kappa shape index (κ2) is 4.17. The Morgan fingerprint density at radius 2 is 2.06 bits per heavy atom. The molecule has 0 aliphatic heterocycles. The number of rotatable bonds is 3. The molecule has 2 nitrogen and oxygen atoms in total. The van der Waals surface area contributed by atoms with E-state index in [9.17, 15) is 4.79 Å². The standard InChI is InChI=1S/C15H18O2/c1-17-15(16)14(11-6-7-11)13-8-5-10-3-2-4-12(10)9-13/h5,8-9,11,14H,2-4,6-7H2,1H3. The summed E-state index contributed by atoms with van der Waals surface area (Å²) in [5, 5.41) is 0. The number of fused-ring (bicyclic) bond motifs is 1. The van der Waals surface area contributed by atoms with E-state index >= 15 is 0 Å². The fraction of sp³-hybridized carbons (Fsp3) is 0.533. The van der Waals surface area contributed by atoms with Gasteiger partial charge in [0, 0.05) is 0 Å². The van der Waals surface area contributed by atoms with Gasteiger partial charge in [0.15, 0.2) is 0 Å². The second-order valence-electron chi connectivity index (χ2n) is 5.22. The molecule has 0 saturated heterocycles. The lowest BCUT2D eigenvalue weighted by atomic mass is 9.92. The Kier molecular flexibility index (Phi) is 2.65. The van der Waals surface area contributed by atoms with Crippen molar-refractivity contribution >= 4 is 5.97 Å². The van der Waals surface area contributed by atoms with Gasteiger partial charge in [-0.25, -0.2) is 0 Å². The Labute approximate surface area is 102 Å². The molecule has 2 aliphatic rings. The van der Waals surface area contributed by atoms with Crippen LogP contribution in [-0.2, 0) is 22.4 Å². The molecule has 2 aliphatic carbocycles. The Morgan fingerprint density at radius 3 is 2.76 bits per heavy atom. The third-order valence-corrected chi connectivity index (χ3v) is 4.03. The smallest absolute Gasteiger partial charge is 0.313 e. The zero-order valence-electron chi connectivity index (χ0n) is 10.2. The Morgan fingerprint density at radius 1 is 1.29 bits per heavy atom. The maximum absolute atomic E-state index is 11.9. The van der Waals surface area contributed by atoms with E-state index in [1.165, 1.54) is 43.1 Å². The van der Waals surface area contributed by atoms with E-state index in [2.05, 4.69) is 18.2 Å². The van der Waals surface area contributed by atoms with Crippen molar-refractivity contribution in [2.45, 2.75) is 38.0 Å². The van der Waals surface area contributed by atoms with Gasteiger partial charge in [-0.1, -0.05) is 18.2 Å². The number of aryl methyl sites for hydroxylation is 2. The van der Waals surface area contributed by atoms with Gasteiger partial charge in [0.05, 0.1) is 13.0 Å². The summed E-state index contributed by atoms with van der Waals surface area (Å²) in [5.41, 5.74) is 4.07. The average Bonchev–Trinajstić information content (AvgIpc) is 3.06. The quantitative estimate of drug-likeness (QED) is 0.746. The van der Waals surface area contributed by atoms with Crippen LogP contribution < -0.4 is 0 Å². The van der Waals surface area contributed by atoms with E-state index in [0.717, 1.165) is 12.8 Å². The van der Waals surface area contributed by atoms with E-state index in [1.54, 1.807) is 0 Å². The number of methoxy groups -OCH3 is 1. The van der Waals surface area contributed by atoms with Crippen LogP contribution in [0.3, 0.4) is 0 Å². The summed E-state index contributed by atoms with van der Waals surface area (Å²) in [5.74, 6) is 0.429. The van der Waals surface area contributed by atoms with Gasteiger partial charge >= 0.3 is 5.97 Å². The second-order valence-corrected chi connectivity index (χ2v) is 5.22. The molecule has 0 radical (unpaired) electrons. The number of carbonyl (C=O) groups excluding carboxylic acids is 1. The Balaban J connectivity index is 1.93. The predicted molar refractivity (Wildman–Crippen MR) is 65.9 cm³/mol. The van der Waals surface area contributed by atoms with E-state index < -0.39 is 0 Å². The maximum Gasteiger partial charge on any atom is 0.313 e. The number of ether oxygens (including phenoxy) is 1. The van der Waals surface area contributed by atoms with E-state index in [1.807, 2.05) is 0 Å². The highest BCUT2D eigenvalue weighted by molar-refractivity contribution is 5.79. The van der Waals surface area contributed by atoms with Gasteiger partial charge in [-0.3, -0.25) is 4.79 Å². The van der Waals surface area contributed by atoms with Crippen molar-refractivity contribution in [3.05, 3.63) is 34.9 Å². The number of hydrogen-bond acceptors (Lipinski definition) is 2. The predicted octanol–water partition coefficient (Wildman–Crippen LogP) is 2.84. The first-order valence-corrected chi connectivity index (χ1v) is 6.49. The Bertz CT molecular complexity index is 446. The highest BCUT2D eigenvalue weighted by Gasteiger charge is 2.38. The van der Waals surface area contributed by atoms with Gasteiger partial charge in [0.2, 0.25) is 0 Å². The monoisotopic (exact) mass is 230 g/mol. The minimum absolute atomic E-state index is 0.0223. The lowest BCUT2D eigenvalue weighted by Gasteiger charge is -2.15. The molecule has 1 atom stereocenters. The van der Waals surface area contributed by atoms with Crippen molar-refractivity contribution in [2.24, 2.45) is 5.92 Å². The first kappa shape index (κ1) is 10.8. The van der Waals surface area contributed by atoms with E-state index in [4.69, 9.17) is 4.74 Å². The molecular weight excluding hydrogens is 212 g/mol. The zero-order chi connectivity index (χ0) is 11.8. The molecule has 0 N–H and O–H groups in total. The molecular formula is C15H18O2. The lowest BCUT2D eigenvalue weighted by Crippen LogP contribution is -2.16. The van der Waals surface area contributed by atoms with Crippen LogP contribution in [0.2, 0.25) is 0 Å². The molecule has 0 aromatic heterocycles. The van der Waals surface area contributed by atoms with Gasteiger partial charge in [-0.05, 0) is 54.7 Å². The normalized spacial score (nSPS) is 19.8. The minimum atomic E-state index is -0.0644. The minimum Gasteiger partial charge on any atom is -0.469 e. The fourth-order valence-corrected chi connectivity index (χ4v) is 2.94. The van der Waals surface area contributed by atoms with Gasteiger partial charge in [-0.15, -0.1) is 0 Å². The first-order valence-electron chi connectivity index (χ1n) is 6.49. The molecule has 0 bridgehead atoms. The molecule has 0 heterocycles. The summed E-state index contributed by atoms with van der Waals surface area (Å²) < 4.78 is 4.95. The highest BCUT2D eigenvalue weighted by atomic mass is 16.5. The largest absolute Gasteiger partial charge is 0.469 e. The van der Waals surface area contributed by atoms with Crippen LogP contribution in [0.15, 0.2) is 18.2 Å². The third kappa shape index (κ3) is 1.97. The van der Waals surface area contributed by atoms with E-state index in [0.29, 0.717) is 5.92 Å². The summed E-state index contributed by atoms with van der Waals surface area (Å²) in [7, 11) is 1.49. The molecule has 1 unspecified atom stereocenters. The van der Waals surface area contributed by atoms with Crippen LogP contribution in [0, 0.1) is 5.92 Å². The van der Waals surface area contributed by atoms with Crippen molar-refractivity contribution in [3.8, 4) is 0 Å². The van der Waals surface area contributed by atoms with Crippen LogP contribution >= 0.6 is 0 Å². The van der Waals surface area contributed by atoms with Crippen molar-refractivity contribution < 1.29 is 9.53 Å². The molecule has 17 heavy (non-hydrogen) atoms. The van der Waals surface area contributed by atoms with E-state index in [-0.39, 0.29) is 11.9 Å². The summed E-state index contributed by atoms with van der Waals surface area (Å²) >= 11 is 0. The molecule has 0 amide bonds. The van der Waals surface area contributed by atoms with Crippen LogP contribution in [0.25, 0.3) is 0 Å². The number of carbonyl (C=O) groups is 1. The summed E-state index contributed by atoms with van der Waals surface area (Å²) in [6.07, 6.45) is 5.95. The number of hydrogen-bond donors (Lipinski definition) is 0. The molecule has 1 aromatic rings. The van der Waals surface area contributed by atoms with Crippen LogP contribution in [0.4, 0.5) is 0 Å². The molecule has 1 fully saturated rings. The van der Waals surface area contributed by atoms with Crippen LogP contribution in [0.1, 0.15) is 41.9 Å². The van der Waals surface area contributed by atoms with Crippen molar-refractivity contribution in [1.29, 1.82) is 0 Å². The molecule has 0 spiro atoms. The van der Waals surface area contributed by atoms with Gasteiger partial charge in [0.25, 0.3) is 0 Å².